The normalized spacial score (nSPS) is 12.7. The van der Waals surface area contributed by atoms with Crippen LogP contribution in [0.2, 0.25) is 10.0 Å². The lowest BCUT2D eigenvalue weighted by molar-refractivity contribution is 0.253. The summed E-state index contributed by atoms with van der Waals surface area (Å²) in [6.45, 7) is 2.85. The van der Waals surface area contributed by atoms with Crippen molar-refractivity contribution in [1.82, 2.24) is 4.90 Å². The number of nitrogens with zero attached hydrogens (tertiary/aromatic N) is 1. The smallest absolute Gasteiger partial charge is 0.0471 e. The van der Waals surface area contributed by atoms with E-state index in [0.29, 0.717) is 11.6 Å². The molecule has 0 aliphatic carbocycles. The van der Waals surface area contributed by atoms with E-state index in [1.807, 2.05) is 42.5 Å². The zero-order valence-electron chi connectivity index (χ0n) is 11.6. The maximum Gasteiger partial charge on any atom is 0.0471 e. The Hall–Kier alpha value is -1.22. The van der Waals surface area contributed by atoms with Crippen LogP contribution in [0.5, 0.6) is 0 Å². The Morgan fingerprint density at radius 1 is 1.10 bits per heavy atom. The molecule has 0 bridgehead atoms. The molecule has 20 heavy (non-hydrogen) atoms. The SMILES string of the molecule is CC(c1ccc(Cl)cc1)N(C)Cc1c(N)cccc1Cl. The molecule has 4 heteroatoms. The third kappa shape index (κ3) is 3.45. The molecule has 0 aliphatic heterocycles. The first-order chi connectivity index (χ1) is 9.49. The van der Waals surface area contributed by atoms with Gasteiger partial charge in [-0.15, -0.1) is 0 Å². The molecular formula is C16H18Cl2N2. The summed E-state index contributed by atoms with van der Waals surface area (Å²) in [5.41, 5.74) is 8.91. The van der Waals surface area contributed by atoms with Gasteiger partial charge in [-0.05, 0) is 43.8 Å². The highest BCUT2D eigenvalue weighted by molar-refractivity contribution is 6.31. The minimum Gasteiger partial charge on any atom is -0.398 e. The second-order valence-electron chi connectivity index (χ2n) is 4.95. The third-order valence-corrected chi connectivity index (χ3v) is 4.18. The first kappa shape index (κ1) is 15.2. The van der Waals surface area contributed by atoms with Gasteiger partial charge in [-0.25, -0.2) is 0 Å². The van der Waals surface area contributed by atoms with E-state index < -0.39 is 0 Å². The Kier molecular flexibility index (Phi) is 4.92. The topological polar surface area (TPSA) is 29.3 Å². The van der Waals surface area contributed by atoms with Gasteiger partial charge in [0.1, 0.15) is 0 Å². The molecule has 0 amide bonds. The maximum absolute atomic E-state index is 6.22. The lowest BCUT2D eigenvalue weighted by atomic mass is 10.1. The molecule has 0 spiro atoms. The van der Waals surface area contributed by atoms with Crippen molar-refractivity contribution in [3.63, 3.8) is 0 Å². The van der Waals surface area contributed by atoms with Crippen molar-refractivity contribution in [2.45, 2.75) is 19.5 Å². The number of benzene rings is 2. The summed E-state index contributed by atoms with van der Waals surface area (Å²) in [7, 11) is 2.06. The minimum absolute atomic E-state index is 0.253. The fraction of sp³-hybridized carbons (Fsp3) is 0.250. The molecule has 2 aromatic carbocycles. The molecule has 0 heterocycles. The van der Waals surface area contributed by atoms with E-state index in [-0.39, 0.29) is 6.04 Å². The second kappa shape index (κ2) is 6.49. The Labute approximate surface area is 130 Å². The highest BCUT2D eigenvalue weighted by atomic mass is 35.5. The van der Waals surface area contributed by atoms with Crippen LogP contribution in [0.1, 0.15) is 24.1 Å². The van der Waals surface area contributed by atoms with Gasteiger partial charge in [-0.1, -0.05) is 41.4 Å². The van der Waals surface area contributed by atoms with E-state index in [1.165, 1.54) is 5.56 Å². The first-order valence-corrected chi connectivity index (χ1v) is 7.23. The summed E-state index contributed by atoms with van der Waals surface area (Å²) in [4.78, 5) is 2.21. The van der Waals surface area contributed by atoms with Gasteiger partial charge in [0, 0.05) is 33.9 Å². The molecule has 106 valence electrons. The predicted octanol–water partition coefficient (Wildman–Crippen LogP) is 4.77. The molecular weight excluding hydrogens is 291 g/mol. The zero-order chi connectivity index (χ0) is 14.7. The molecule has 0 saturated carbocycles. The Morgan fingerprint density at radius 3 is 2.35 bits per heavy atom. The number of halogens is 2. The zero-order valence-corrected chi connectivity index (χ0v) is 13.1. The second-order valence-corrected chi connectivity index (χ2v) is 5.79. The highest BCUT2D eigenvalue weighted by Crippen LogP contribution is 2.27. The van der Waals surface area contributed by atoms with E-state index in [0.717, 1.165) is 16.3 Å². The molecule has 0 aliphatic rings. The number of hydrogen-bond donors (Lipinski definition) is 1. The molecule has 0 aromatic heterocycles. The molecule has 0 saturated heterocycles. The van der Waals surface area contributed by atoms with E-state index in [4.69, 9.17) is 28.9 Å². The number of rotatable bonds is 4. The van der Waals surface area contributed by atoms with Crippen LogP contribution in [0.4, 0.5) is 5.69 Å². The molecule has 0 fully saturated rings. The van der Waals surface area contributed by atoms with Crippen LogP contribution in [0.25, 0.3) is 0 Å². The maximum atomic E-state index is 6.22. The largest absolute Gasteiger partial charge is 0.398 e. The van der Waals surface area contributed by atoms with Gasteiger partial charge in [0.05, 0.1) is 0 Å². The fourth-order valence-corrected chi connectivity index (χ4v) is 2.49. The lowest BCUT2D eigenvalue weighted by Crippen LogP contribution is -2.22. The van der Waals surface area contributed by atoms with E-state index in [1.54, 1.807) is 0 Å². The summed E-state index contributed by atoms with van der Waals surface area (Å²) in [6, 6.07) is 13.8. The van der Waals surface area contributed by atoms with Crippen LogP contribution in [0, 0.1) is 0 Å². The van der Waals surface area contributed by atoms with Gasteiger partial charge in [-0.3, -0.25) is 4.90 Å². The fourth-order valence-electron chi connectivity index (χ4n) is 2.12. The molecule has 2 N–H and O–H groups in total. The molecule has 1 unspecified atom stereocenters. The van der Waals surface area contributed by atoms with Crippen molar-refractivity contribution >= 4 is 28.9 Å². The van der Waals surface area contributed by atoms with E-state index in [2.05, 4.69) is 18.9 Å². The molecule has 2 rings (SSSR count). The number of nitrogen functional groups attached to an aromatic ring is 1. The van der Waals surface area contributed by atoms with E-state index in [9.17, 15) is 0 Å². The molecule has 2 aromatic rings. The van der Waals surface area contributed by atoms with Crippen molar-refractivity contribution in [3.8, 4) is 0 Å². The summed E-state index contributed by atoms with van der Waals surface area (Å²) < 4.78 is 0. The van der Waals surface area contributed by atoms with Crippen LogP contribution in [-0.4, -0.2) is 11.9 Å². The summed E-state index contributed by atoms with van der Waals surface area (Å²) >= 11 is 12.1. The predicted molar refractivity (Wildman–Crippen MR) is 87.2 cm³/mol. The van der Waals surface area contributed by atoms with Crippen LogP contribution in [-0.2, 0) is 6.54 Å². The van der Waals surface area contributed by atoms with Gasteiger partial charge in [0.15, 0.2) is 0 Å². The highest BCUT2D eigenvalue weighted by Gasteiger charge is 2.14. The third-order valence-electron chi connectivity index (χ3n) is 3.58. The Bertz CT molecular complexity index is 561. The summed E-state index contributed by atoms with van der Waals surface area (Å²) in [5.74, 6) is 0. The van der Waals surface area contributed by atoms with Gasteiger partial charge in [-0.2, -0.15) is 0 Å². The lowest BCUT2D eigenvalue weighted by Gasteiger charge is -2.26. The van der Waals surface area contributed by atoms with E-state index >= 15 is 0 Å². The van der Waals surface area contributed by atoms with Crippen molar-refractivity contribution < 1.29 is 0 Å². The molecule has 0 radical (unpaired) electrons. The quantitative estimate of drug-likeness (QED) is 0.824. The van der Waals surface area contributed by atoms with Crippen LogP contribution in [0.3, 0.4) is 0 Å². The van der Waals surface area contributed by atoms with Gasteiger partial charge >= 0.3 is 0 Å². The number of anilines is 1. The van der Waals surface area contributed by atoms with Crippen LogP contribution < -0.4 is 5.73 Å². The monoisotopic (exact) mass is 308 g/mol. The van der Waals surface area contributed by atoms with Crippen molar-refractivity contribution in [3.05, 3.63) is 63.6 Å². The molecule has 1 atom stereocenters. The summed E-state index contributed by atoms with van der Waals surface area (Å²) in [5, 5.41) is 1.46. The van der Waals surface area contributed by atoms with Crippen LogP contribution >= 0.6 is 23.2 Å². The Balaban J connectivity index is 2.15. The van der Waals surface area contributed by atoms with Crippen molar-refractivity contribution in [2.24, 2.45) is 0 Å². The van der Waals surface area contributed by atoms with Gasteiger partial charge in [0.2, 0.25) is 0 Å². The molecule has 2 nitrogen and oxygen atoms in total. The van der Waals surface area contributed by atoms with Crippen molar-refractivity contribution in [2.75, 3.05) is 12.8 Å². The average Bonchev–Trinajstić information content (AvgIpc) is 2.43. The number of hydrogen-bond acceptors (Lipinski definition) is 2. The average molecular weight is 309 g/mol. The van der Waals surface area contributed by atoms with Crippen LogP contribution in [0.15, 0.2) is 42.5 Å². The first-order valence-electron chi connectivity index (χ1n) is 6.47. The Morgan fingerprint density at radius 2 is 1.75 bits per heavy atom. The van der Waals surface area contributed by atoms with Crippen molar-refractivity contribution in [1.29, 1.82) is 0 Å². The van der Waals surface area contributed by atoms with Gasteiger partial charge in [0.25, 0.3) is 0 Å². The standard InChI is InChI=1S/C16H18Cl2N2/c1-11(12-6-8-13(17)9-7-12)20(2)10-14-15(18)4-3-5-16(14)19/h3-9,11H,10,19H2,1-2H3. The van der Waals surface area contributed by atoms with Gasteiger partial charge < -0.3 is 5.73 Å². The minimum atomic E-state index is 0.253. The summed E-state index contributed by atoms with van der Waals surface area (Å²) in [6.07, 6.45) is 0. The number of nitrogens with two attached hydrogens (primary N) is 1.